The molecule has 0 aromatic heterocycles. The molecule has 0 aliphatic carbocycles. The van der Waals surface area contributed by atoms with E-state index in [4.69, 9.17) is 0 Å². The highest BCUT2D eigenvalue weighted by atomic mass is 79.9. The van der Waals surface area contributed by atoms with Gasteiger partial charge in [0, 0.05) is 19.9 Å². The number of benzene rings is 2. The summed E-state index contributed by atoms with van der Waals surface area (Å²) in [5.74, 6) is 0. The van der Waals surface area contributed by atoms with Crippen LogP contribution in [-0.2, 0) is 0 Å². The Bertz CT molecular complexity index is 677. The number of aliphatic hydroxyl groups is 1. The van der Waals surface area contributed by atoms with Crippen LogP contribution in [0, 0.1) is 10.1 Å². The van der Waals surface area contributed by atoms with Gasteiger partial charge in [-0.15, -0.1) is 11.8 Å². The van der Waals surface area contributed by atoms with Crippen LogP contribution in [0.1, 0.15) is 22.5 Å². The molecule has 0 saturated heterocycles. The van der Waals surface area contributed by atoms with Crippen molar-refractivity contribution in [3.05, 3.63) is 74.2 Å². The predicted molar refractivity (Wildman–Crippen MR) is 84.9 cm³/mol. The van der Waals surface area contributed by atoms with Crippen LogP contribution in [-0.4, -0.2) is 16.1 Å². The number of hydrogen-bond acceptors (Lipinski definition) is 4. The summed E-state index contributed by atoms with van der Waals surface area (Å²) in [6.45, 7) is 0. The summed E-state index contributed by atoms with van der Waals surface area (Å²) in [5.41, 5.74) is 1.48. The fourth-order valence-electron chi connectivity index (χ4n) is 2.53. The minimum atomic E-state index is -1.09. The normalized spacial score (nSPS) is 24.4. The minimum absolute atomic E-state index is 0.375. The molecule has 0 amide bonds. The van der Waals surface area contributed by atoms with Crippen LogP contribution in [0.25, 0.3) is 0 Å². The topological polar surface area (TPSA) is 63.4 Å². The van der Waals surface area contributed by atoms with Gasteiger partial charge in [-0.1, -0.05) is 46.3 Å². The number of aliphatic hydroxyl groups excluding tert-OH is 1. The number of nitrogens with zero attached hydrogens (tertiary/aromatic N) is 1. The summed E-state index contributed by atoms with van der Waals surface area (Å²) in [7, 11) is 0. The van der Waals surface area contributed by atoms with Crippen molar-refractivity contribution in [1.29, 1.82) is 0 Å². The van der Waals surface area contributed by atoms with Gasteiger partial charge in [0.25, 0.3) is 6.04 Å². The van der Waals surface area contributed by atoms with E-state index in [1.807, 2.05) is 36.4 Å². The maximum Gasteiger partial charge on any atom is 0.258 e. The Hall–Kier alpha value is -1.37. The van der Waals surface area contributed by atoms with Crippen molar-refractivity contribution in [2.45, 2.75) is 22.3 Å². The Labute approximate surface area is 134 Å². The number of nitro groups is 1. The summed E-state index contributed by atoms with van der Waals surface area (Å²) in [6.07, 6.45) is -1.09. The molecule has 0 radical (unpaired) electrons. The average molecular weight is 366 g/mol. The summed E-state index contributed by atoms with van der Waals surface area (Å²) >= 11 is 4.80. The van der Waals surface area contributed by atoms with E-state index in [0.717, 1.165) is 14.9 Å². The molecule has 1 aliphatic heterocycles. The van der Waals surface area contributed by atoms with Gasteiger partial charge in [-0.05, 0) is 23.8 Å². The predicted octanol–water partition coefficient (Wildman–Crippen LogP) is 3.97. The zero-order valence-corrected chi connectivity index (χ0v) is 13.3. The second-order valence-electron chi connectivity index (χ2n) is 4.85. The van der Waals surface area contributed by atoms with Crippen LogP contribution in [0.2, 0.25) is 0 Å². The van der Waals surface area contributed by atoms with Gasteiger partial charge in [0.05, 0.1) is 0 Å². The molecule has 4 nitrogen and oxygen atoms in total. The Morgan fingerprint density at radius 1 is 1.14 bits per heavy atom. The maximum atomic E-state index is 11.4. The lowest BCUT2D eigenvalue weighted by Crippen LogP contribution is -2.35. The highest BCUT2D eigenvalue weighted by Gasteiger charge is 2.45. The molecule has 0 fully saturated rings. The number of halogens is 1. The average Bonchev–Trinajstić information content (AvgIpc) is 2.47. The van der Waals surface area contributed by atoms with Gasteiger partial charge in [0.15, 0.2) is 0 Å². The minimum Gasteiger partial charge on any atom is -0.381 e. The first-order chi connectivity index (χ1) is 10.1. The van der Waals surface area contributed by atoms with E-state index in [2.05, 4.69) is 15.9 Å². The van der Waals surface area contributed by atoms with Crippen molar-refractivity contribution < 1.29 is 10.0 Å². The van der Waals surface area contributed by atoms with Gasteiger partial charge >= 0.3 is 0 Å². The molecular weight excluding hydrogens is 354 g/mol. The van der Waals surface area contributed by atoms with Crippen LogP contribution in [0.4, 0.5) is 0 Å². The molecule has 3 atom stereocenters. The Balaban J connectivity index is 2.06. The van der Waals surface area contributed by atoms with Crippen molar-refractivity contribution in [1.82, 2.24) is 0 Å². The van der Waals surface area contributed by atoms with Crippen molar-refractivity contribution in [3.8, 4) is 0 Å². The molecule has 1 N–H and O–H groups in total. The quantitative estimate of drug-likeness (QED) is 0.645. The first-order valence-electron chi connectivity index (χ1n) is 6.40. The van der Waals surface area contributed by atoms with Crippen LogP contribution in [0.15, 0.2) is 57.9 Å². The van der Waals surface area contributed by atoms with Gasteiger partial charge in [-0.3, -0.25) is 10.1 Å². The monoisotopic (exact) mass is 365 g/mol. The first kappa shape index (κ1) is 14.6. The van der Waals surface area contributed by atoms with Crippen LogP contribution >= 0.6 is 27.7 Å². The van der Waals surface area contributed by atoms with Gasteiger partial charge in [-0.25, -0.2) is 0 Å². The van der Waals surface area contributed by atoms with Crippen LogP contribution in [0.3, 0.4) is 0 Å². The standard InChI is InChI=1S/C15H12BrNO3S/c16-10-7-5-9(6-8-10)15-13(17(19)20)14(18)11-3-1-2-4-12(11)21-15/h1-8,13-15,18H. The molecule has 2 aromatic rings. The summed E-state index contributed by atoms with van der Waals surface area (Å²) in [5, 5.41) is 21.5. The summed E-state index contributed by atoms with van der Waals surface area (Å²) in [6, 6.07) is 13.7. The SMILES string of the molecule is O=[N+]([O-])C1C(O)c2ccccc2SC1c1ccc(Br)cc1. The summed E-state index contributed by atoms with van der Waals surface area (Å²) < 4.78 is 0.922. The van der Waals surface area contributed by atoms with E-state index in [9.17, 15) is 15.2 Å². The zero-order valence-electron chi connectivity index (χ0n) is 10.8. The fourth-order valence-corrected chi connectivity index (χ4v) is 4.23. The second kappa shape index (κ2) is 5.79. The first-order valence-corrected chi connectivity index (χ1v) is 8.08. The third-order valence-electron chi connectivity index (χ3n) is 3.57. The molecule has 6 heteroatoms. The van der Waals surface area contributed by atoms with E-state index in [1.54, 1.807) is 12.1 Å². The third kappa shape index (κ3) is 2.71. The molecule has 108 valence electrons. The number of fused-ring (bicyclic) bond motifs is 1. The molecule has 1 heterocycles. The highest BCUT2D eigenvalue weighted by molar-refractivity contribution is 9.10. The molecule has 1 aliphatic rings. The van der Waals surface area contributed by atoms with Gasteiger partial charge < -0.3 is 5.11 Å². The molecule has 3 unspecified atom stereocenters. The summed E-state index contributed by atoms with van der Waals surface area (Å²) in [4.78, 5) is 12.0. The fraction of sp³-hybridized carbons (Fsp3) is 0.200. The molecule has 0 spiro atoms. The van der Waals surface area contributed by atoms with E-state index in [1.165, 1.54) is 11.8 Å². The van der Waals surface area contributed by atoms with E-state index < -0.39 is 17.4 Å². The molecule has 3 rings (SSSR count). The number of rotatable bonds is 2. The highest BCUT2D eigenvalue weighted by Crippen LogP contribution is 2.49. The Kier molecular flexibility index (Phi) is 4.01. The smallest absolute Gasteiger partial charge is 0.258 e. The molecular formula is C15H12BrNO3S. The zero-order chi connectivity index (χ0) is 15.0. The van der Waals surface area contributed by atoms with Crippen molar-refractivity contribution >= 4 is 27.7 Å². The van der Waals surface area contributed by atoms with E-state index in [0.29, 0.717) is 5.56 Å². The second-order valence-corrected chi connectivity index (χ2v) is 6.95. The van der Waals surface area contributed by atoms with E-state index >= 15 is 0 Å². The lowest BCUT2D eigenvalue weighted by molar-refractivity contribution is -0.536. The van der Waals surface area contributed by atoms with Gasteiger partial charge in [0.1, 0.15) is 11.4 Å². The number of hydrogen-bond donors (Lipinski definition) is 1. The third-order valence-corrected chi connectivity index (χ3v) is 5.53. The lowest BCUT2D eigenvalue weighted by atomic mass is 9.95. The van der Waals surface area contributed by atoms with Crippen molar-refractivity contribution in [2.75, 3.05) is 0 Å². The number of thioether (sulfide) groups is 1. The Morgan fingerprint density at radius 2 is 1.81 bits per heavy atom. The molecule has 0 bridgehead atoms. The van der Waals surface area contributed by atoms with Crippen molar-refractivity contribution in [3.63, 3.8) is 0 Å². The van der Waals surface area contributed by atoms with Gasteiger partial charge in [-0.2, -0.15) is 0 Å². The van der Waals surface area contributed by atoms with Crippen LogP contribution in [0.5, 0.6) is 0 Å². The molecule has 2 aromatic carbocycles. The lowest BCUT2D eigenvalue weighted by Gasteiger charge is -2.31. The van der Waals surface area contributed by atoms with Crippen LogP contribution < -0.4 is 0 Å². The molecule has 0 saturated carbocycles. The maximum absolute atomic E-state index is 11.4. The Morgan fingerprint density at radius 3 is 2.48 bits per heavy atom. The van der Waals surface area contributed by atoms with Crippen molar-refractivity contribution in [2.24, 2.45) is 0 Å². The van der Waals surface area contributed by atoms with E-state index in [-0.39, 0.29) is 4.92 Å². The molecule has 21 heavy (non-hydrogen) atoms. The van der Waals surface area contributed by atoms with Gasteiger partial charge in [0.2, 0.25) is 0 Å². The largest absolute Gasteiger partial charge is 0.381 e.